The van der Waals surface area contributed by atoms with Gasteiger partial charge >= 0.3 is 0 Å². The minimum Gasteiger partial charge on any atom is -0.477 e. The third kappa shape index (κ3) is 5.07. The summed E-state index contributed by atoms with van der Waals surface area (Å²) in [4.78, 5) is 0. The highest BCUT2D eigenvalue weighted by molar-refractivity contribution is 7.71. The fourth-order valence-corrected chi connectivity index (χ4v) is 3.97. The van der Waals surface area contributed by atoms with E-state index < -0.39 is 7.14 Å². The molecule has 22 heavy (non-hydrogen) atoms. The van der Waals surface area contributed by atoms with Gasteiger partial charge in [0.05, 0.1) is 5.69 Å². The first-order valence-electron chi connectivity index (χ1n) is 7.72. The van der Waals surface area contributed by atoms with Crippen LogP contribution in [0.5, 0.6) is 5.75 Å². The first kappa shape index (κ1) is 18.6. The van der Waals surface area contributed by atoms with E-state index in [1.807, 2.05) is 38.1 Å². The molecule has 1 rings (SSSR count). The van der Waals surface area contributed by atoms with Gasteiger partial charge < -0.3 is 14.6 Å². The van der Waals surface area contributed by atoms with Crippen molar-refractivity contribution in [2.24, 2.45) is 5.41 Å². The van der Waals surface area contributed by atoms with Crippen LogP contribution in [0, 0.1) is 16.7 Å². The SMILES string of the molecule is CCP(=O)(CC)c1ccc(NCC(C)(C)C)c(OCC#N)c1. The molecule has 0 aliphatic heterocycles. The fourth-order valence-electron chi connectivity index (χ4n) is 2.09. The maximum Gasteiger partial charge on any atom is 0.174 e. The summed E-state index contributed by atoms with van der Waals surface area (Å²) in [5, 5.41) is 12.9. The summed E-state index contributed by atoms with van der Waals surface area (Å²) < 4.78 is 18.4. The van der Waals surface area contributed by atoms with Crippen molar-refractivity contribution < 1.29 is 9.30 Å². The van der Waals surface area contributed by atoms with E-state index in [0.717, 1.165) is 17.5 Å². The lowest BCUT2D eigenvalue weighted by Crippen LogP contribution is -2.20. The molecule has 0 radical (unpaired) electrons. The number of ether oxygens (including phenoxy) is 1. The Bertz CT molecular complexity index is 577. The Hall–Kier alpha value is -1.46. The van der Waals surface area contributed by atoms with Gasteiger partial charge in [0.25, 0.3) is 0 Å². The van der Waals surface area contributed by atoms with Crippen molar-refractivity contribution in [1.29, 1.82) is 5.26 Å². The van der Waals surface area contributed by atoms with Crippen molar-refractivity contribution in [2.75, 3.05) is 30.8 Å². The minimum atomic E-state index is -2.35. The molecule has 0 unspecified atom stereocenters. The van der Waals surface area contributed by atoms with E-state index in [4.69, 9.17) is 10.00 Å². The molecule has 1 aromatic carbocycles. The second-order valence-electron chi connectivity index (χ2n) is 6.56. The number of nitrogens with one attached hydrogen (secondary N) is 1. The number of hydrogen-bond acceptors (Lipinski definition) is 4. The van der Waals surface area contributed by atoms with Gasteiger partial charge in [-0.1, -0.05) is 34.6 Å². The van der Waals surface area contributed by atoms with Gasteiger partial charge in [-0.2, -0.15) is 5.26 Å². The van der Waals surface area contributed by atoms with Crippen LogP contribution in [0.15, 0.2) is 18.2 Å². The van der Waals surface area contributed by atoms with Crippen LogP contribution in [-0.4, -0.2) is 25.5 Å². The first-order chi connectivity index (χ1) is 10.3. The molecular formula is C17H27N2O2P. The van der Waals surface area contributed by atoms with Crippen molar-refractivity contribution in [3.05, 3.63) is 18.2 Å². The predicted octanol–water partition coefficient (Wildman–Crippen LogP) is 4.08. The molecule has 0 amide bonds. The summed E-state index contributed by atoms with van der Waals surface area (Å²) >= 11 is 0. The van der Waals surface area contributed by atoms with Crippen LogP contribution in [-0.2, 0) is 4.57 Å². The number of nitriles is 1. The largest absolute Gasteiger partial charge is 0.477 e. The molecule has 0 fully saturated rings. The number of nitrogens with zero attached hydrogens (tertiary/aromatic N) is 1. The first-order valence-corrected chi connectivity index (χ1v) is 9.80. The van der Waals surface area contributed by atoms with Gasteiger partial charge in [0.2, 0.25) is 0 Å². The van der Waals surface area contributed by atoms with Gasteiger partial charge in [-0.15, -0.1) is 0 Å². The molecule has 0 heterocycles. The van der Waals surface area contributed by atoms with Crippen LogP contribution in [0.4, 0.5) is 5.69 Å². The van der Waals surface area contributed by atoms with Gasteiger partial charge in [-0.25, -0.2) is 0 Å². The van der Waals surface area contributed by atoms with Gasteiger partial charge in [0, 0.05) is 24.2 Å². The smallest absolute Gasteiger partial charge is 0.174 e. The van der Waals surface area contributed by atoms with E-state index in [1.165, 1.54) is 0 Å². The second-order valence-corrected chi connectivity index (χ2v) is 10.1. The average molecular weight is 322 g/mol. The summed E-state index contributed by atoms with van der Waals surface area (Å²) in [7, 11) is -2.35. The summed E-state index contributed by atoms with van der Waals surface area (Å²) in [5.41, 5.74) is 0.973. The Kier molecular flexibility index (Phi) is 6.50. The highest BCUT2D eigenvalue weighted by Crippen LogP contribution is 2.44. The van der Waals surface area contributed by atoms with Crippen LogP contribution in [0.3, 0.4) is 0 Å². The van der Waals surface area contributed by atoms with E-state index in [9.17, 15) is 4.57 Å². The maximum absolute atomic E-state index is 12.9. The van der Waals surface area contributed by atoms with E-state index in [2.05, 4.69) is 26.1 Å². The van der Waals surface area contributed by atoms with Crippen LogP contribution >= 0.6 is 7.14 Å². The Labute approximate surface area is 134 Å². The Morgan fingerprint density at radius 3 is 2.41 bits per heavy atom. The molecule has 0 aliphatic rings. The average Bonchev–Trinajstić information content (AvgIpc) is 2.49. The maximum atomic E-state index is 12.9. The molecule has 4 nitrogen and oxygen atoms in total. The lowest BCUT2D eigenvalue weighted by molar-refractivity contribution is 0.369. The summed E-state index contributed by atoms with van der Waals surface area (Å²) in [6.45, 7) is 11.1. The van der Waals surface area contributed by atoms with E-state index in [0.29, 0.717) is 18.1 Å². The number of anilines is 1. The highest BCUT2D eigenvalue weighted by atomic mass is 31.2. The number of rotatable bonds is 7. The standard InChI is InChI=1S/C17H27N2O2P/c1-6-22(20,7-2)14-8-9-15(19-13-17(3,4)5)16(12-14)21-11-10-18/h8-9,12,19H,6-7,11,13H2,1-5H3. The molecule has 122 valence electrons. The third-order valence-corrected chi connectivity index (χ3v) is 6.82. The molecule has 5 heteroatoms. The molecule has 0 bridgehead atoms. The molecule has 1 N–H and O–H groups in total. The van der Waals surface area contributed by atoms with E-state index in [-0.39, 0.29) is 12.0 Å². The van der Waals surface area contributed by atoms with Gasteiger partial charge in [-0.3, -0.25) is 0 Å². The molecule has 1 aromatic rings. The van der Waals surface area contributed by atoms with E-state index >= 15 is 0 Å². The fraction of sp³-hybridized carbons (Fsp3) is 0.588. The zero-order chi connectivity index (χ0) is 16.8. The quantitative estimate of drug-likeness (QED) is 0.769. The topological polar surface area (TPSA) is 62.1 Å². The zero-order valence-corrected chi connectivity index (χ0v) is 15.2. The van der Waals surface area contributed by atoms with Gasteiger partial charge in [0.15, 0.2) is 6.61 Å². The molecular weight excluding hydrogens is 295 g/mol. The molecule has 0 aliphatic carbocycles. The van der Waals surface area contributed by atoms with E-state index in [1.54, 1.807) is 0 Å². The molecule has 0 atom stereocenters. The highest BCUT2D eigenvalue weighted by Gasteiger charge is 2.22. The Balaban J connectivity index is 3.13. The monoisotopic (exact) mass is 322 g/mol. The number of hydrogen-bond donors (Lipinski definition) is 1. The van der Waals surface area contributed by atoms with Crippen LogP contribution in [0.1, 0.15) is 34.6 Å². The summed E-state index contributed by atoms with van der Waals surface area (Å²) in [5.74, 6) is 0.602. The molecule has 0 saturated heterocycles. The van der Waals surface area contributed by atoms with Crippen molar-refractivity contribution in [1.82, 2.24) is 0 Å². The van der Waals surface area contributed by atoms with Crippen LogP contribution < -0.4 is 15.4 Å². The van der Waals surface area contributed by atoms with Crippen LogP contribution in [0.25, 0.3) is 0 Å². The normalized spacial score (nSPS) is 11.8. The van der Waals surface area contributed by atoms with Crippen molar-refractivity contribution in [3.63, 3.8) is 0 Å². The molecule has 0 saturated carbocycles. The molecule has 0 spiro atoms. The lowest BCUT2D eigenvalue weighted by atomic mass is 9.97. The predicted molar refractivity (Wildman–Crippen MR) is 93.8 cm³/mol. The third-order valence-electron chi connectivity index (χ3n) is 3.56. The van der Waals surface area contributed by atoms with Crippen molar-refractivity contribution >= 4 is 18.1 Å². The Morgan fingerprint density at radius 2 is 1.91 bits per heavy atom. The van der Waals surface area contributed by atoms with Crippen molar-refractivity contribution in [2.45, 2.75) is 34.6 Å². The number of benzene rings is 1. The van der Waals surface area contributed by atoms with Crippen LogP contribution in [0.2, 0.25) is 0 Å². The van der Waals surface area contributed by atoms with Gasteiger partial charge in [-0.05, 0) is 23.6 Å². The minimum absolute atomic E-state index is 0.0177. The summed E-state index contributed by atoms with van der Waals surface area (Å²) in [6, 6.07) is 7.64. The zero-order valence-electron chi connectivity index (χ0n) is 14.3. The molecule has 0 aromatic heterocycles. The van der Waals surface area contributed by atoms with Gasteiger partial charge in [0.1, 0.15) is 19.0 Å². The van der Waals surface area contributed by atoms with Crippen molar-refractivity contribution in [3.8, 4) is 11.8 Å². The summed E-state index contributed by atoms with van der Waals surface area (Å²) in [6.07, 6.45) is 1.27. The lowest BCUT2D eigenvalue weighted by Gasteiger charge is -2.22. The second kappa shape index (κ2) is 7.70. The Morgan fingerprint density at radius 1 is 1.27 bits per heavy atom.